The van der Waals surface area contributed by atoms with Gasteiger partial charge in [-0.05, 0) is 35.2 Å². The third-order valence-corrected chi connectivity index (χ3v) is 6.02. The Morgan fingerprint density at radius 3 is 2.21 bits per heavy atom. The van der Waals surface area contributed by atoms with Crippen molar-refractivity contribution in [3.63, 3.8) is 0 Å². The molecule has 0 N–H and O–H groups in total. The molecule has 0 atom stereocenters. The Kier molecular flexibility index (Phi) is 5.33. The number of aryl methyl sites for hydroxylation is 1. The van der Waals surface area contributed by atoms with E-state index < -0.39 is 0 Å². The fraction of sp³-hybridized carbons (Fsp3) is 0.250. The van der Waals surface area contributed by atoms with E-state index in [2.05, 4.69) is 102 Å². The van der Waals surface area contributed by atoms with Gasteiger partial charge in [-0.15, -0.1) is 10.2 Å². The van der Waals surface area contributed by atoms with Gasteiger partial charge in [-0.2, -0.15) is 0 Å². The van der Waals surface area contributed by atoms with Gasteiger partial charge in [0, 0.05) is 35.9 Å². The molecule has 29 heavy (non-hydrogen) atoms. The van der Waals surface area contributed by atoms with Crippen LogP contribution in [-0.2, 0) is 18.2 Å². The van der Waals surface area contributed by atoms with E-state index in [-0.39, 0.29) is 5.41 Å². The van der Waals surface area contributed by atoms with Gasteiger partial charge >= 0.3 is 0 Å². The standard InChI is InChI=1S/C24H26N4S/c1-24(2,3)19-14-12-18(13-15-19)22-25-26-23(28(22)20-9-6-5-7-10-20)29-17-21-11-8-16-27(21)4/h5-16H,17H2,1-4H3. The van der Waals surface area contributed by atoms with Crippen LogP contribution >= 0.6 is 11.8 Å². The predicted molar refractivity (Wildman–Crippen MR) is 120 cm³/mol. The Bertz CT molecular complexity index is 1090. The molecule has 148 valence electrons. The van der Waals surface area contributed by atoms with Crippen molar-refractivity contribution in [3.05, 3.63) is 84.2 Å². The molecule has 0 amide bonds. The molecular formula is C24H26N4S. The van der Waals surface area contributed by atoms with Crippen LogP contribution in [0.4, 0.5) is 0 Å². The van der Waals surface area contributed by atoms with Gasteiger partial charge in [-0.25, -0.2) is 0 Å². The van der Waals surface area contributed by atoms with Gasteiger partial charge < -0.3 is 4.57 Å². The molecule has 4 nitrogen and oxygen atoms in total. The summed E-state index contributed by atoms with van der Waals surface area (Å²) in [6.45, 7) is 6.69. The van der Waals surface area contributed by atoms with E-state index in [0.29, 0.717) is 0 Å². The lowest BCUT2D eigenvalue weighted by molar-refractivity contribution is 0.590. The van der Waals surface area contributed by atoms with Crippen molar-refractivity contribution < 1.29 is 0 Å². The summed E-state index contributed by atoms with van der Waals surface area (Å²) >= 11 is 1.71. The molecule has 2 aromatic heterocycles. The van der Waals surface area contributed by atoms with E-state index in [0.717, 1.165) is 28.0 Å². The summed E-state index contributed by atoms with van der Waals surface area (Å²) in [6, 6.07) is 23.2. The van der Waals surface area contributed by atoms with E-state index in [1.54, 1.807) is 11.8 Å². The van der Waals surface area contributed by atoms with Crippen LogP contribution in [0, 0.1) is 0 Å². The third kappa shape index (κ3) is 4.15. The monoisotopic (exact) mass is 402 g/mol. The zero-order valence-corrected chi connectivity index (χ0v) is 18.1. The van der Waals surface area contributed by atoms with Crippen molar-refractivity contribution in [2.24, 2.45) is 7.05 Å². The van der Waals surface area contributed by atoms with Crippen LogP contribution in [0.1, 0.15) is 32.0 Å². The molecule has 0 saturated heterocycles. The van der Waals surface area contributed by atoms with E-state index in [1.807, 2.05) is 18.2 Å². The number of rotatable bonds is 5. The minimum Gasteiger partial charge on any atom is -0.354 e. The molecule has 0 spiro atoms. The highest BCUT2D eigenvalue weighted by Gasteiger charge is 2.18. The molecule has 0 aliphatic carbocycles. The lowest BCUT2D eigenvalue weighted by Crippen LogP contribution is -2.10. The smallest absolute Gasteiger partial charge is 0.196 e. The third-order valence-electron chi connectivity index (χ3n) is 5.06. The normalized spacial score (nSPS) is 11.7. The van der Waals surface area contributed by atoms with Crippen molar-refractivity contribution in [1.29, 1.82) is 0 Å². The SMILES string of the molecule is Cn1cccc1CSc1nnc(-c2ccc(C(C)(C)C)cc2)n1-c1ccccc1. The summed E-state index contributed by atoms with van der Waals surface area (Å²) in [5.74, 6) is 1.71. The topological polar surface area (TPSA) is 35.6 Å². The molecule has 4 aromatic rings. The van der Waals surface area contributed by atoms with Crippen molar-refractivity contribution in [1.82, 2.24) is 19.3 Å². The maximum Gasteiger partial charge on any atom is 0.196 e. The second-order valence-electron chi connectivity index (χ2n) is 8.20. The molecule has 2 heterocycles. The van der Waals surface area contributed by atoms with Crippen molar-refractivity contribution in [2.75, 3.05) is 0 Å². The van der Waals surface area contributed by atoms with Gasteiger partial charge in [0.15, 0.2) is 11.0 Å². The Morgan fingerprint density at radius 1 is 0.862 bits per heavy atom. The van der Waals surface area contributed by atoms with Crippen LogP contribution in [0.3, 0.4) is 0 Å². The van der Waals surface area contributed by atoms with Crippen LogP contribution in [0.25, 0.3) is 17.1 Å². The molecule has 0 saturated carbocycles. The molecule has 0 fully saturated rings. The zero-order chi connectivity index (χ0) is 20.4. The van der Waals surface area contributed by atoms with E-state index in [4.69, 9.17) is 0 Å². The number of hydrogen-bond donors (Lipinski definition) is 0. The van der Waals surface area contributed by atoms with E-state index in [1.165, 1.54) is 11.3 Å². The minimum absolute atomic E-state index is 0.127. The number of nitrogens with zero attached hydrogens (tertiary/aromatic N) is 4. The maximum absolute atomic E-state index is 4.56. The minimum atomic E-state index is 0.127. The number of hydrogen-bond acceptors (Lipinski definition) is 3. The molecule has 5 heteroatoms. The Hall–Kier alpha value is -2.79. The Balaban J connectivity index is 1.72. The average Bonchev–Trinajstić information content (AvgIpc) is 3.32. The lowest BCUT2D eigenvalue weighted by Gasteiger charge is -2.19. The highest BCUT2D eigenvalue weighted by atomic mass is 32.2. The fourth-order valence-corrected chi connectivity index (χ4v) is 4.26. The van der Waals surface area contributed by atoms with E-state index >= 15 is 0 Å². The number of thioether (sulfide) groups is 1. The van der Waals surface area contributed by atoms with Crippen LogP contribution in [-0.4, -0.2) is 19.3 Å². The van der Waals surface area contributed by atoms with Crippen LogP contribution in [0.2, 0.25) is 0 Å². The molecule has 0 aliphatic heterocycles. The molecule has 0 radical (unpaired) electrons. The summed E-state index contributed by atoms with van der Waals surface area (Å²) in [7, 11) is 2.07. The van der Waals surface area contributed by atoms with Crippen molar-refractivity contribution in [3.8, 4) is 17.1 Å². The van der Waals surface area contributed by atoms with E-state index in [9.17, 15) is 0 Å². The Labute approximate surface area is 176 Å². The number of benzene rings is 2. The number of aromatic nitrogens is 4. The molecule has 0 bridgehead atoms. The molecule has 2 aromatic carbocycles. The molecule has 4 rings (SSSR count). The zero-order valence-electron chi connectivity index (χ0n) is 17.3. The molecule has 0 aliphatic rings. The van der Waals surface area contributed by atoms with Crippen LogP contribution in [0.15, 0.2) is 78.1 Å². The lowest BCUT2D eigenvalue weighted by atomic mass is 9.87. The quantitative estimate of drug-likeness (QED) is 0.392. The van der Waals surface area contributed by atoms with Gasteiger partial charge in [0.2, 0.25) is 0 Å². The van der Waals surface area contributed by atoms with Crippen molar-refractivity contribution >= 4 is 11.8 Å². The highest BCUT2D eigenvalue weighted by Crippen LogP contribution is 2.31. The number of para-hydroxylation sites is 1. The molecular weight excluding hydrogens is 376 g/mol. The van der Waals surface area contributed by atoms with Gasteiger partial charge in [-0.1, -0.05) is 75.0 Å². The second kappa shape index (κ2) is 7.91. The average molecular weight is 403 g/mol. The summed E-state index contributed by atoms with van der Waals surface area (Å²) in [5, 5.41) is 9.99. The summed E-state index contributed by atoms with van der Waals surface area (Å²) in [6.07, 6.45) is 2.07. The maximum atomic E-state index is 4.56. The first kappa shape index (κ1) is 19.5. The first-order valence-electron chi connectivity index (χ1n) is 9.78. The molecule has 0 unspecified atom stereocenters. The first-order valence-corrected chi connectivity index (χ1v) is 10.8. The van der Waals surface area contributed by atoms with Crippen molar-refractivity contribution in [2.45, 2.75) is 37.1 Å². The summed E-state index contributed by atoms with van der Waals surface area (Å²) < 4.78 is 4.29. The van der Waals surface area contributed by atoms with Crippen LogP contribution in [0.5, 0.6) is 0 Å². The largest absolute Gasteiger partial charge is 0.354 e. The highest BCUT2D eigenvalue weighted by molar-refractivity contribution is 7.98. The first-order chi connectivity index (χ1) is 13.9. The van der Waals surface area contributed by atoms with Crippen LogP contribution < -0.4 is 0 Å². The Morgan fingerprint density at radius 2 is 1.59 bits per heavy atom. The van der Waals surface area contributed by atoms with Gasteiger partial charge in [0.1, 0.15) is 0 Å². The van der Waals surface area contributed by atoms with Gasteiger partial charge in [0.25, 0.3) is 0 Å². The second-order valence-corrected chi connectivity index (χ2v) is 9.15. The fourth-order valence-electron chi connectivity index (χ4n) is 3.26. The summed E-state index contributed by atoms with van der Waals surface area (Å²) in [5.41, 5.74) is 4.84. The van der Waals surface area contributed by atoms with Gasteiger partial charge in [-0.3, -0.25) is 4.57 Å². The summed E-state index contributed by atoms with van der Waals surface area (Å²) in [4.78, 5) is 0. The van der Waals surface area contributed by atoms with Gasteiger partial charge in [0.05, 0.1) is 0 Å². The predicted octanol–water partition coefficient (Wildman–Crippen LogP) is 5.86.